The van der Waals surface area contributed by atoms with Gasteiger partial charge in [-0.15, -0.1) is 0 Å². The summed E-state index contributed by atoms with van der Waals surface area (Å²) >= 11 is 0. The molecule has 5 nitrogen and oxygen atoms in total. The summed E-state index contributed by atoms with van der Waals surface area (Å²) in [6, 6.07) is 7.41. The van der Waals surface area contributed by atoms with E-state index in [0.717, 1.165) is 12.2 Å². The van der Waals surface area contributed by atoms with Gasteiger partial charge in [-0.1, -0.05) is 19.1 Å². The van der Waals surface area contributed by atoms with Crippen LogP contribution >= 0.6 is 0 Å². The van der Waals surface area contributed by atoms with Crippen molar-refractivity contribution in [1.82, 2.24) is 15.0 Å². The first kappa shape index (κ1) is 15.7. The van der Waals surface area contributed by atoms with Crippen LogP contribution in [0.2, 0.25) is 0 Å². The molecule has 0 amide bonds. The molecule has 0 aliphatic rings. The fourth-order valence-corrected chi connectivity index (χ4v) is 2.88. The van der Waals surface area contributed by atoms with E-state index < -0.39 is 10.0 Å². The van der Waals surface area contributed by atoms with Crippen LogP contribution < -0.4 is 10.0 Å². The van der Waals surface area contributed by atoms with Crippen molar-refractivity contribution in [3.05, 3.63) is 53.6 Å². The lowest BCUT2D eigenvalue weighted by atomic mass is 10.2. The second-order valence-corrected chi connectivity index (χ2v) is 6.36. The maximum absolute atomic E-state index is 13.0. The maximum Gasteiger partial charge on any atom is 0.242 e. The third-order valence-electron chi connectivity index (χ3n) is 2.95. The molecule has 0 spiro atoms. The molecule has 0 aliphatic heterocycles. The van der Waals surface area contributed by atoms with Crippen LogP contribution in [0, 0.1) is 5.82 Å². The summed E-state index contributed by atoms with van der Waals surface area (Å²) in [4.78, 5) is 3.09. The molecule has 1 heterocycles. The van der Waals surface area contributed by atoms with Crippen molar-refractivity contribution in [1.29, 1.82) is 0 Å². The lowest BCUT2D eigenvalue weighted by Gasteiger charge is -2.05. The Kier molecular flexibility index (Phi) is 5.11. The number of aromatic amines is 1. The monoisotopic (exact) mass is 311 g/mol. The van der Waals surface area contributed by atoms with E-state index in [2.05, 4.69) is 15.0 Å². The number of nitrogens with one attached hydrogen (secondary N) is 3. The molecular weight excluding hydrogens is 293 g/mol. The molecule has 2 aromatic rings. The Balaban J connectivity index is 2.02. The van der Waals surface area contributed by atoms with Crippen LogP contribution in [0.3, 0.4) is 0 Å². The Morgan fingerprint density at radius 1 is 1.24 bits per heavy atom. The van der Waals surface area contributed by atoms with Gasteiger partial charge in [0.05, 0.1) is 4.90 Å². The molecule has 7 heteroatoms. The van der Waals surface area contributed by atoms with Gasteiger partial charge >= 0.3 is 0 Å². The van der Waals surface area contributed by atoms with Crippen LogP contribution in [0.15, 0.2) is 41.4 Å². The number of rotatable bonds is 7. The molecule has 0 unspecified atom stereocenters. The standard InChI is InChI=1S/C14H18FN3O2S/c1-2-16-9-13-7-14(10-17-13)21(19,20)18-8-11-4-3-5-12(15)6-11/h3-7,10,16-18H,2,8-9H2,1H3. The molecule has 1 aromatic heterocycles. The van der Waals surface area contributed by atoms with Crippen molar-refractivity contribution < 1.29 is 12.8 Å². The lowest BCUT2D eigenvalue weighted by molar-refractivity contribution is 0.580. The molecule has 0 saturated carbocycles. The normalized spacial score (nSPS) is 11.7. The SMILES string of the molecule is CCNCc1cc(S(=O)(=O)NCc2cccc(F)c2)c[nH]1. The third-order valence-corrected chi connectivity index (χ3v) is 4.33. The fourth-order valence-electron chi connectivity index (χ4n) is 1.84. The lowest BCUT2D eigenvalue weighted by Crippen LogP contribution is -2.22. The Morgan fingerprint density at radius 2 is 2.05 bits per heavy atom. The quantitative estimate of drug-likeness (QED) is 0.729. The van der Waals surface area contributed by atoms with E-state index in [1.54, 1.807) is 18.2 Å². The Hall–Kier alpha value is -1.70. The molecule has 1 aromatic carbocycles. The van der Waals surface area contributed by atoms with Crippen LogP contribution in [-0.2, 0) is 23.1 Å². The van der Waals surface area contributed by atoms with Crippen molar-refractivity contribution in [2.75, 3.05) is 6.54 Å². The molecule has 0 saturated heterocycles. The Bertz CT molecular complexity index is 698. The van der Waals surface area contributed by atoms with Gasteiger partial charge < -0.3 is 10.3 Å². The van der Waals surface area contributed by atoms with Crippen LogP contribution in [-0.4, -0.2) is 19.9 Å². The van der Waals surface area contributed by atoms with Crippen molar-refractivity contribution in [2.45, 2.75) is 24.9 Å². The zero-order valence-corrected chi connectivity index (χ0v) is 12.5. The summed E-state index contributed by atoms with van der Waals surface area (Å²) < 4.78 is 39.8. The number of hydrogen-bond donors (Lipinski definition) is 3. The molecule has 0 atom stereocenters. The second-order valence-electron chi connectivity index (χ2n) is 4.60. The molecule has 0 fully saturated rings. The smallest absolute Gasteiger partial charge is 0.242 e. The molecule has 21 heavy (non-hydrogen) atoms. The van der Waals surface area contributed by atoms with Gasteiger partial charge in [0.2, 0.25) is 10.0 Å². The van der Waals surface area contributed by atoms with Crippen molar-refractivity contribution in [3.8, 4) is 0 Å². The van der Waals surface area contributed by atoms with Gasteiger partial charge in [-0.2, -0.15) is 0 Å². The highest BCUT2D eigenvalue weighted by Crippen LogP contribution is 2.12. The Labute approximate surface area is 123 Å². The molecule has 0 aliphatic carbocycles. The first-order valence-corrected chi connectivity index (χ1v) is 8.11. The van der Waals surface area contributed by atoms with Gasteiger partial charge in [-0.3, -0.25) is 0 Å². The van der Waals surface area contributed by atoms with Gasteiger partial charge in [0, 0.05) is 25.0 Å². The minimum Gasteiger partial charge on any atom is -0.363 e. The summed E-state index contributed by atoms with van der Waals surface area (Å²) in [6.07, 6.45) is 1.45. The highest BCUT2D eigenvalue weighted by molar-refractivity contribution is 7.89. The van der Waals surface area contributed by atoms with Crippen LogP contribution in [0.4, 0.5) is 4.39 Å². The molecule has 3 N–H and O–H groups in total. The summed E-state index contributed by atoms with van der Waals surface area (Å²) in [5, 5.41) is 3.11. The maximum atomic E-state index is 13.0. The van der Waals surface area contributed by atoms with Gasteiger partial charge in [0.25, 0.3) is 0 Å². The van der Waals surface area contributed by atoms with E-state index in [-0.39, 0.29) is 17.3 Å². The first-order chi connectivity index (χ1) is 10.0. The third kappa shape index (κ3) is 4.38. The van der Waals surface area contributed by atoms with E-state index in [4.69, 9.17) is 0 Å². The number of benzene rings is 1. The zero-order chi connectivity index (χ0) is 15.3. The number of halogens is 1. The number of aromatic nitrogens is 1. The highest BCUT2D eigenvalue weighted by atomic mass is 32.2. The van der Waals surface area contributed by atoms with E-state index in [1.807, 2.05) is 6.92 Å². The van der Waals surface area contributed by atoms with E-state index in [9.17, 15) is 12.8 Å². The second kappa shape index (κ2) is 6.84. The summed E-state index contributed by atoms with van der Waals surface area (Å²) in [5.41, 5.74) is 1.37. The van der Waals surface area contributed by atoms with Crippen LogP contribution in [0.25, 0.3) is 0 Å². The van der Waals surface area contributed by atoms with Crippen molar-refractivity contribution in [2.24, 2.45) is 0 Å². The predicted molar refractivity (Wildman–Crippen MR) is 78.6 cm³/mol. The minimum absolute atomic E-state index is 0.0494. The van der Waals surface area contributed by atoms with Gasteiger partial charge in [0.1, 0.15) is 5.82 Å². The number of sulfonamides is 1. The van der Waals surface area contributed by atoms with Gasteiger partial charge in [0.15, 0.2) is 0 Å². The summed E-state index contributed by atoms with van der Waals surface area (Å²) in [5.74, 6) is -0.388. The molecule has 0 bridgehead atoms. The largest absolute Gasteiger partial charge is 0.363 e. The average Bonchev–Trinajstić information content (AvgIpc) is 2.93. The summed E-state index contributed by atoms with van der Waals surface area (Å²) in [7, 11) is -3.61. The fraction of sp³-hybridized carbons (Fsp3) is 0.286. The zero-order valence-electron chi connectivity index (χ0n) is 11.7. The Morgan fingerprint density at radius 3 is 2.76 bits per heavy atom. The number of H-pyrrole nitrogens is 1. The predicted octanol–water partition coefficient (Wildman–Crippen LogP) is 1.74. The molecule has 0 radical (unpaired) electrons. The number of hydrogen-bond acceptors (Lipinski definition) is 3. The van der Waals surface area contributed by atoms with Crippen molar-refractivity contribution >= 4 is 10.0 Å². The van der Waals surface area contributed by atoms with E-state index >= 15 is 0 Å². The molecule has 2 rings (SSSR count). The van der Waals surface area contributed by atoms with Crippen LogP contribution in [0.1, 0.15) is 18.2 Å². The van der Waals surface area contributed by atoms with E-state index in [1.165, 1.54) is 18.3 Å². The topological polar surface area (TPSA) is 74.0 Å². The van der Waals surface area contributed by atoms with Crippen molar-refractivity contribution in [3.63, 3.8) is 0 Å². The molecule has 114 valence electrons. The first-order valence-electron chi connectivity index (χ1n) is 6.63. The van der Waals surface area contributed by atoms with E-state index in [0.29, 0.717) is 12.1 Å². The minimum atomic E-state index is -3.61. The van der Waals surface area contributed by atoms with Gasteiger partial charge in [-0.25, -0.2) is 17.5 Å². The molecular formula is C14H18FN3O2S. The van der Waals surface area contributed by atoms with Gasteiger partial charge in [-0.05, 0) is 30.3 Å². The summed E-state index contributed by atoms with van der Waals surface area (Å²) in [6.45, 7) is 3.41. The average molecular weight is 311 g/mol. The van der Waals surface area contributed by atoms with Crippen LogP contribution in [0.5, 0.6) is 0 Å². The highest BCUT2D eigenvalue weighted by Gasteiger charge is 2.15.